The van der Waals surface area contributed by atoms with Gasteiger partial charge in [-0.3, -0.25) is 9.59 Å². The Morgan fingerprint density at radius 1 is 1.10 bits per heavy atom. The lowest BCUT2D eigenvalue weighted by molar-refractivity contribution is 0.0593. The van der Waals surface area contributed by atoms with E-state index in [1.165, 1.54) is 0 Å². The monoisotopic (exact) mass is 445 g/mol. The van der Waals surface area contributed by atoms with Crippen LogP contribution < -0.4 is 5.43 Å². The SMILES string of the molecule is CC(C)OCCCN1C(=O)c2oc3ccc(Cl)cc3c(=O)c2[C@@H]1c1cccc(Cl)c1. The molecular weight excluding hydrogens is 425 g/mol. The number of nitrogens with zero attached hydrogens (tertiary/aromatic N) is 1. The van der Waals surface area contributed by atoms with Crippen molar-refractivity contribution < 1.29 is 13.9 Å². The van der Waals surface area contributed by atoms with Crippen LogP contribution in [0.25, 0.3) is 11.0 Å². The highest BCUT2D eigenvalue weighted by Crippen LogP contribution is 2.39. The fraction of sp³-hybridized carbons (Fsp3) is 0.304. The molecule has 0 unspecified atom stereocenters. The lowest BCUT2D eigenvalue weighted by Crippen LogP contribution is -2.31. The van der Waals surface area contributed by atoms with E-state index < -0.39 is 6.04 Å². The van der Waals surface area contributed by atoms with Gasteiger partial charge in [0, 0.05) is 23.2 Å². The van der Waals surface area contributed by atoms with E-state index in [2.05, 4.69) is 0 Å². The number of hydrogen-bond donors (Lipinski definition) is 0. The van der Waals surface area contributed by atoms with Crippen LogP contribution in [-0.4, -0.2) is 30.1 Å². The van der Waals surface area contributed by atoms with Gasteiger partial charge in [-0.2, -0.15) is 0 Å². The molecule has 3 aromatic rings. The minimum Gasteiger partial charge on any atom is -0.450 e. The molecule has 2 aromatic carbocycles. The molecule has 30 heavy (non-hydrogen) atoms. The van der Waals surface area contributed by atoms with Crippen molar-refractivity contribution in [2.24, 2.45) is 0 Å². The molecule has 1 atom stereocenters. The number of fused-ring (bicyclic) bond motifs is 2. The molecule has 5 nitrogen and oxygen atoms in total. The van der Waals surface area contributed by atoms with Crippen LogP contribution in [0.4, 0.5) is 0 Å². The molecule has 0 N–H and O–H groups in total. The van der Waals surface area contributed by atoms with Gasteiger partial charge in [0.2, 0.25) is 5.76 Å². The Labute approximate surface area is 184 Å². The zero-order valence-electron chi connectivity index (χ0n) is 16.7. The quantitative estimate of drug-likeness (QED) is 0.472. The fourth-order valence-corrected chi connectivity index (χ4v) is 4.17. The van der Waals surface area contributed by atoms with Gasteiger partial charge in [-0.05, 0) is 56.2 Å². The Morgan fingerprint density at radius 2 is 1.87 bits per heavy atom. The summed E-state index contributed by atoms with van der Waals surface area (Å²) in [5, 5.41) is 1.32. The van der Waals surface area contributed by atoms with Crippen molar-refractivity contribution in [3.05, 3.63) is 79.6 Å². The first-order chi connectivity index (χ1) is 14.4. The van der Waals surface area contributed by atoms with Crippen LogP contribution in [0.2, 0.25) is 10.0 Å². The number of carbonyl (C=O) groups is 1. The number of rotatable bonds is 6. The maximum absolute atomic E-state index is 13.4. The van der Waals surface area contributed by atoms with Gasteiger partial charge in [0.15, 0.2) is 5.43 Å². The number of amides is 1. The maximum atomic E-state index is 13.4. The van der Waals surface area contributed by atoms with Crippen LogP contribution in [0.15, 0.2) is 51.7 Å². The van der Waals surface area contributed by atoms with E-state index >= 15 is 0 Å². The van der Waals surface area contributed by atoms with E-state index in [0.29, 0.717) is 46.2 Å². The van der Waals surface area contributed by atoms with Crippen LogP contribution in [0.5, 0.6) is 0 Å². The Hall–Kier alpha value is -2.34. The summed E-state index contributed by atoms with van der Waals surface area (Å²) in [6, 6.07) is 11.4. The van der Waals surface area contributed by atoms with E-state index in [-0.39, 0.29) is 23.2 Å². The van der Waals surface area contributed by atoms with E-state index in [4.69, 9.17) is 32.4 Å². The number of carbonyl (C=O) groups excluding carboxylic acids is 1. The summed E-state index contributed by atoms with van der Waals surface area (Å²) in [4.78, 5) is 28.3. The third-order valence-electron chi connectivity index (χ3n) is 5.09. The standard InChI is InChI=1S/C23H21Cl2NO4/c1-13(2)29-10-4-9-26-20(14-5-3-6-15(24)11-14)19-21(27)17-12-16(25)7-8-18(17)30-22(19)23(26)28/h3,5-8,11-13,20H,4,9-10H2,1-2H3/t20-/m0/s1. The first-order valence-electron chi connectivity index (χ1n) is 9.81. The predicted molar refractivity (Wildman–Crippen MR) is 118 cm³/mol. The second-order valence-electron chi connectivity index (χ2n) is 7.54. The van der Waals surface area contributed by atoms with Crippen molar-refractivity contribution in [2.45, 2.75) is 32.4 Å². The first kappa shape index (κ1) is 20.9. The molecule has 1 amide bonds. The Kier molecular flexibility index (Phi) is 5.87. The molecular formula is C23H21Cl2NO4. The Balaban J connectivity index is 1.83. The molecule has 0 radical (unpaired) electrons. The topological polar surface area (TPSA) is 59.8 Å². The lowest BCUT2D eigenvalue weighted by Gasteiger charge is -2.25. The number of benzene rings is 2. The van der Waals surface area contributed by atoms with Gasteiger partial charge in [-0.1, -0.05) is 35.3 Å². The molecule has 2 heterocycles. The van der Waals surface area contributed by atoms with Crippen molar-refractivity contribution in [1.82, 2.24) is 4.90 Å². The second-order valence-corrected chi connectivity index (χ2v) is 8.42. The summed E-state index contributed by atoms with van der Waals surface area (Å²) in [5.74, 6) is -0.238. The summed E-state index contributed by atoms with van der Waals surface area (Å²) >= 11 is 12.3. The minimum atomic E-state index is -0.579. The highest BCUT2D eigenvalue weighted by atomic mass is 35.5. The maximum Gasteiger partial charge on any atom is 0.290 e. The number of ether oxygens (including phenoxy) is 1. The molecule has 1 aromatic heterocycles. The smallest absolute Gasteiger partial charge is 0.290 e. The van der Waals surface area contributed by atoms with Gasteiger partial charge in [-0.15, -0.1) is 0 Å². The average Bonchev–Trinajstić information content (AvgIpc) is 2.98. The Bertz CT molecular complexity index is 1170. The fourth-order valence-electron chi connectivity index (χ4n) is 3.80. The predicted octanol–water partition coefficient (Wildman–Crippen LogP) is 5.46. The zero-order valence-corrected chi connectivity index (χ0v) is 18.2. The lowest BCUT2D eigenvalue weighted by atomic mass is 9.98. The van der Waals surface area contributed by atoms with E-state index in [1.54, 1.807) is 41.3 Å². The average molecular weight is 446 g/mol. The molecule has 0 spiro atoms. The van der Waals surface area contributed by atoms with E-state index in [9.17, 15) is 9.59 Å². The van der Waals surface area contributed by atoms with Gasteiger partial charge in [0.1, 0.15) is 5.58 Å². The molecule has 0 saturated carbocycles. The van der Waals surface area contributed by atoms with Crippen LogP contribution >= 0.6 is 23.2 Å². The van der Waals surface area contributed by atoms with Crippen LogP contribution in [0, 0.1) is 0 Å². The third-order valence-corrected chi connectivity index (χ3v) is 5.56. The summed E-state index contributed by atoms with van der Waals surface area (Å²) in [6.07, 6.45) is 0.743. The minimum absolute atomic E-state index is 0.0737. The van der Waals surface area contributed by atoms with Crippen molar-refractivity contribution >= 4 is 40.1 Å². The largest absolute Gasteiger partial charge is 0.450 e. The summed E-state index contributed by atoms with van der Waals surface area (Å²) in [5.41, 5.74) is 1.16. The molecule has 0 aliphatic carbocycles. The normalized spacial score (nSPS) is 16.0. The van der Waals surface area contributed by atoms with E-state index in [0.717, 1.165) is 5.56 Å². The molecule has 1 aliphatic heterocycles. The van der Waals surface area contributed by atoms with Crippen molar-refractivity contribution in [2.75, 3.05) is 13.2 Å². The summed E-state index contributed by atoms with van der Waals surface area (Å²) < 4.78 is 11.5. The molecule has 0 saturated heterocycles. The van der Waals surface area contributed by atoms with Crippen LogP contribution in [0.3, 0.4) is 0 Å². The van der Waals surface area contributed by atoms with Gasteiger partial charge in [0.25, 0.3) is 5.91 Å². The molecule has 1 aliphatic rings. The zero-order chi connectivity index (χ0) is 21.4. The molecule has 0 fully saturated rings. The molecule has 4 rings (SSSR count). The third kappa shape index (κ3) is 3.85. The molecule has 0 bridgehead atoms. The van der Waals surface area contributed by atoms with Crippen LogP contribution in [0.1, 0.15) is 48.0 Å². The number of hydrogen-bond acceptors (Lipinski definition) is 4. The summed E-state index contributed by atoms with van der Waals surface area (Å²) in [7, 11) is 0. The van der Waals surface area contributed by atoms with Crippen molar-refractivity contribution in [3.8, 4) is 0 Å². The Morgan fingerprint density at radius 3 is 2.60 bits per heavy atom. The van der Waals surface area contributed by atoms with Gasteiger partial charge >= 0.3 is 0 Å². The van der Waals surface area contributed by atoms with Gasteiger partial charge < -0.3 is 14.1 Å². The molecule has 156 valence electrons. The number of halogens is 2. The summed E-state index contributed by atoms with van der Waals surface area (Å²) in [6.45, 7) is 4.86. The highest BCUT2D eigenvalue weighted by Gasteiger charge is 2.42. The first-order valence-corrected chi connectivity index (χ1v) is 10.6. The van der Waals surface area contributed by atoms with E-state index in [1.807, 2.05) is 19.9 Å². The van der Waals surface area contributed by atoms with Crippen LogP contribution in [-0.2, 0) is 4.74 Å². The van der Waals surface area contributed by atoms with Gasteiger partial charge in [-0.25, -0.2) is 0 Å². The van der Waals surface area contributed by atoms with Crippen molar-refractivity contribution in [3.63, 3.8) is 0 Å². The van der Waals surface area contributed by atoms with Crippen molar-refractivity contribution in [1.29, 1.82) is 0 Å². The second kappa shape index (κ2) is 8.42. The molecule has 7 heteroatoms. The highest BCUT2D eigenvalue weighted by molar-refractivity contribution is 6.31. The van der Waals surface area contributed by atoms with Gasteiger partial charge in [0.05, 0.1) is 23.1 Å².